The van der Waals surface area contributed by atoms with Gasteiger partial charge >= 0.3 is 0 Å². The van der Waals surface area contributed by atoms with Gasteiger partial charge in [-0.1, -0.05) is 13.8 Å². The summed E-state index contributed by atoms with van der Waals surface area (Å²) < 4.78 is 0. The maximum atomic E-state index is 6.94. The highest BCUT2D eigenvalue weighted by atomic mass is 14.7. The smallest absolute Gasteiger partial charge is 0.0905 e. The number of amidine groups is 1. The summed E-state index contributed by atoms with van der Waals surface area (Å²) in [5.74, 6) is 0.962. The van der Waals surface area contributed by atoms with E-state index >= 15 is 0 Å². The molecule has 0 atom stereocenters. The molecule has 0 aliphatic carbocycles. The van der Waals surface area contributed by atoms with Gasteiger partial charge in [0.25, 0.3) is 0 Å². The molecule has 0 rings (SSSR count). The second-order valence-electron chi connectivity index (χ2n) is 2.90. The molecule has 0 spiro atoms. The summed E-state index contributed by atoms with van der Waals surface area (Å²) in [6.07, 6.45) is 5.09. The largest absolute Gasteiger partial charge is 0.388 e. The van der Waals surface area contributed by atoms with Gasteiger partial charge in [-0.2, -0.15) is 0 Å². The van der Waals surface area contributed by atoms with Gasteiger partial charge in [0.2, 0.25) is 0 Å². The lowest BCUT2D eigenvalue weighted by Gasteiger charge is -2.02. The number of rotatable bonds is 5. The SMILES string of the molecule is CC(C)[CH]CCCC(=N)N. The van der Waals surface area contributed by atoms with E-state index in [1.165, 1.54) is 0 Å². The van der Waals surface area contributed by atoms with Gasteiger partial charge in [0.15, 0.2) is 0 Å². The summed E-state index contributed by atoms with van der Waals surface area (Å²) in [5.41, 5.74) is 5.18. The monoisotopic (exact) mass is 141 g/mol. The van der Waals surface area contributed by atoms with Crippen molar-refractivity contribution >= 4 is 5.84 Å². The lowest BCUT2D eigenvalue weighted by atomic mass is 10.1. The Bertz CT molecular complexity index is 97.4. The van der Waals surface area contributed by atoms with Gasteiger partial charge < -0.3 is 5.73 Å². The summed E-state index contributed by atoms with van der Waals surface area (Å²) in [6, 6.07) is 0. The van der Waals surface area contributed by atoms with Gasteiger partial charge in [-0.25, -0.2) is 0 Å². The molecule has 0 heterocycles. The molecule has 0 aromatic carbocycles. The molecule has 0 unspecified atom stereocenters. The van der Waals surface area contributed by atoms with Crippen LogP contribution in [0.15, 0.2) is 0 Å². The Morgan fingerprint density at radius 1 is 1.60 bits per heavy atom. The Hall–Kier alpha value is -0.530. The lowest BCUT2D eigenvalue weighted by molar-refractivity contribution is 0.681. The molecule has 0 aliphatic heterocycles. The van der Waals surface area contributed by atoms with Gasteiger partial charge in [0.05, 0.1) is 5.84 Å². The highest BCUT2D eigenvalue weighted by Gasteiger charge is 1.94. The molecule has 2 nitrogen and oxygen atoms in total. The third-order valence-corrected chi connectivity index (χ3v) is 1.29. The van der Waals surface area contributed by atoms with E-state index in [-0.39, 0.29) is 0 Å². The number of unbranched alkanes of at least 4 members (excludes halogenated alkanes) is 1. The molecule has 59 valence electrons. The van der Waals surface area contributed by atoms with E-state index in [0.29, 0.717) is 11.8 Å². The molecule has 0 aromatic rings. The molecule has 1 radical (unpaired) electrons. The average molecular weight is 141 g/mol. The molecule has 0 bridgehead atoms. The van der Waals surface area contributed by atoms with Gasteiger partial charge in [0.1, 0.15) is 0 Å². The fourth-order valence-electron chi connectivity index (χ4n) is 0.744. The first-order chi connectivity index (χ1) is 4.63. The summed E-state index contributed by atoms with van der Waals surface area (Å²) in [6.45, 7) is 4.32. The van der Waals surface area contributed by atoms with Gasteiger partial charge in [-0.15, -0.1) is 0 Å². The zero-order valence-corrected chi connectivity index (χ0v) is 6.85. The van der Waals surface area contributed by atoms with E-state index in [1.54, 1.807) is 0 Å². The quantitative estimate of drug-likeness (QED) is 0.343. The summed E-state index contributed by atoms with van der Waals surface area (Å²) in [5, 5.41) is 6.94. The molecule has 0 fully saturated rings. The van der Waals surface area contributed by atoms with Crippen LogP contribution in [0.3, 0.4) is 0 Å². The van der Waals surface area contributed by atoms with Crippen LogP contribution >= 0.6 is 0 Å². The van der Waals surface area contributed by atoms with Gasteiger partial charge in [-0.05, 0) is 25.2 Å². The van der Waals surface area contributed by atoms with Gasteiger partial charge in [-0.3, -0.25) is 5.41 Å². The number of nitrogens with one attached hydrogen (secondary N) is 1. The van der Waals surface area contributed by atoms with Crippen molar-refractivity contribution in [2.45, 2.75) is 33.1 Å². The van der Waals surface area contributed by atoms with Crippen LogP contribution in [0.25, 0.3) is 0 Å². The van der Waals surface area contributed by atoms with Crippen LogP contribution in [-0.4, -0.2) is 5.84 Å². The molecule has 0 saturated carbocycles. The fraction of sp³-hybridized carbons (Fsp3) is 0.750. The summed E-state index contributed by atoms with van der Waals surface area (Å²) in [4.78, 5) is 0. The van der Waals surface area contributed by atoms with Crippen LogP contribution in [0, 0.1) is 17.7 Å². The van der Waals surface area contributed by atoms with Crippen LogP contribution in [0.4, 0.5) is 0 Å². The fourth-order valence-corrected chi connectivity index (χ4v) is 0.744. The second kappa shape index (κ2) is 5.27. The minimum Gasteiger partial charge on any atom is -0.388 e. The van der Waals surface area contributed by atoms with Crippen molar-refractivity contribution < 1.29 is 0 Å². The minimum absolute atomic E-state index is 0.303. The lowest BCUT2D eigenvalue weighted by Crippen LogP contribution is -2.08. The third kappa shape index (κ3) is 7.47. The Balaban J connectivity index is 2.98. The number of hydrogen-bond donors (Lipinski definition) is 2. The maximum Gasteiger partial charge on any atom is 0.0905 e. The van der Waals surface area contributed by atoms with E-state index in [1.807, 2.05) is 0 Å². The molecule has 0 saturated heterocycles. The van der Waals surface area contributed by atoms with Crippen LogP contribution in [0.2, 0.25) is 0 Å². The van der Waals surface area contributed by atoms with E-state index in [0.717, 1.165) is 19.3 Å². The molecule has 2 heteroatoms. The van der Waals surface area contributed by atoms with Crippen molar-refractivity contribution in [3.05, 3.63) is 6.42 Å². The van der Waals surface area contributed by atoms with Gasteiger partial charge in [0, 0.05) is 6.42 Å². The first-order valence-corrected chi connectivity index (χ1v) is 3.79. The number of nitrogens with two attached hydrogens (primary N) is 1. The van der Waals surface area contributed by atoms with E-state index in [4.69, 9.17) is 11.1 Å². The Kier molecular flexibility index (Phi) is 4.99. The summed E-state index contributed by atoms with van der Waals surface area (Å²) >= 11 is 0. The van der Waals surface area contributed by atoms with E-state index < -0.39 is 0 Å². The summed E-state index contributed by atoms with van der Waals surface area (Å²) in [7, 11) is 0. The third-order valence-electron chi connectivity index (χ3n) is 1.29. The first kappa shape index (κ1) is 9.47. The van der Waals surface area contributed by atoms with Crippen molar-refractivity contribution in [3.8, 4) is 0 Å². The molecule has 10 heavy (non-hydrogen) atoms. The normalized spacial score (nSPS) is 10.3. The average Bonchev–Trinajstić information content (AvgIpc) is 1.79. The zero-order valence-electron chi connectivity index (χ0n) is 6.85. The second-order valence-corrected chi connectivity index (χ2v) is 2.90. The predicted molar refractivity (Wildman–Crippen MR) is 44.9 cm³/mol. The zero-order chi connectivity index (χ0) is 7.98. The standard InChI is InChI=1S/C8H17N2/c1-7(2)5-3-4-6-8(9)10/h5,7H,3-4,6H2,1-2H3,(H3,9,10). The predicted octanol–water partition coefficient (Wildman–Crippen LogP) is 1.95. The molecular formula is C8H17N2. The Morgan fingerprint density at radius 2 is 2.20 bits per heavy atom. The van der Waals surface area contributed by atoms with Crippen LogP contribution in [0.1, 0.15) is 33.1 Å². The van der Waals surface area contributed by atoms with E-state index in [9.17, 15) is 0 Å². The Morgan fingerprint density at radius 3 is 2.60 bits per heavy atom. The molecule has 3 N–H and O–H groups in total. The van der Waals surface area contributed by atoms with Crippen LogP contribution < -0.4 is 5.73 Å². The van der Waals surface area contributed by atoms with Crippen LogP contribution in [-0.2, 0) is 0 Å². The van der Waals surface area contributed by atoms with Crippen molar-refractivity contribution in [3.63, 3.8) is 0 Å². The van der Waals surface area contributed by atoms with Crippen LogP contribution in [0.5, 0.6) is 0 Å². The molecule has 0 aromatic heterocycles. The topological polar surface area (TPSA) is 49.9 Å². The number of hydrogen-bond acceptors (Lipinski definition) is 1. The Labute approximate surface area is 63.3 Å². The maximum absolute atomic E-state index is 6.94. The van der Waals surface area contributed by atoms with Crippen molar-refractivity contribution in [2.24, 2.45) is 11.7 Å². The van der Waals surface area contributed by atoms with Crippen molar-refractivity contribution in [1.29, 1.82) is 5.41 Å². The molecule has 0 aliphatic rings. The highest BCUT2D eigenvalue weighted by molar-refractivity contribution is 5.76. The minimum atomic E-state index is 0.303. The van der Waals surface area contributed by atoms with Crippen molar-refractivity contribution in [1.82, 2.24) is 0 Å². The first-order valence-electron chi connectivity index (χ1n) is 3.79. The highest BCUT2D eigenvalue weighted by Crippen LogP contribution is 2.05. The van der Waals surface area contributed by atoms with E-state index in [2.05, 4.69) is 20.3 Å². The van der Waals surface area contributed by atoms with Crippen molar-refractivity contribution in [2.75, 3.05) is 0 Å². The molecular weight excluding hydrogens is 124 g/mol. The molecule has 0 amide bonds.